The van der Waals surface area contributed by atoms with E-state index in [4.69, 9.17) is 37.8 Å². The Kier molecular flexibility index (Phi) is 4.80. The third kappa shape index (κ3) is 3.18. The Morgan fingerprint density at radius 1 is 1.10 bits per heavy atom. The van der Waals surface area contributed by atoms with Crippen LogP contribution in [0.4, 0.5) is 4.39 Å². The average molecular weight is 443 g/mol. The minimum absolute atomic E-state index is 0.148. The van der Waals surface area contributed by atoms with Crippen LogP contribution in [0.3, 0.4) is 0 Å². The number of halogens is 3. The lowest BCUT2D eigenvalue weighted by Crippen LogP contribution is -2.34. The SMILES string of the molecule is COc1ccc(C2=NN3[C@H](C2)c2cc(Cl)ccc2O[C@@H]3c2c(F)cccc2Cl)cc1. The molecule has 2 aliphatic rings. The summed E-state index contributed by atoms with van der Waals surface area (Å²) in [5.41, 5.74) is 3.02. The van der Waals surface area contributed by atoms with Gasteiger partial charge in [-0.05, 0) is 60.2 Å². The third-order valence-electron chi connectivity index (χ3n) is 5.42. The number of hydrogen-bond donors (Lipinski definition) is 0. The first-order valence-electron chi connectivity index (χ1n) is 9.45. The van der Waals surface area contributed by atoms with E-state index in [1.54, 1.807) is 30.3 Å². The zero-order valence-corrected chi connectivity index (χ0v) is 17.5. The molecule has 3 aromatic carbocycles. The molecule has 0 aliphatic carbocycles. The van der Waals surface area contributed by atoms with Gasteiger partial charge in [-0.2, -0.15) is 5.10 Å². The summed E-state index contributed by atoms with van der Waals surface area (Å²) < 4.78 is 26.2. The highest BCUT2D eigenvalue weighted by atomic mass is 35.5. The molecule has 152 valence electrons. The first-order valence-corrected chi connectivity index (χ1v) is 10.2. The number of nitrogens with zero attached hydrogens (tertiary/aromatic N) is 2. The molecule has 0 aromatic heterocycles. The fraction of sp³-hybridized carbons (Fsp3) is 0.174. The number of hydrazone groups is 1. The van der Waals surface area contributed by atoms with Gasteiger partial charge in [0, 0.05) is 17.0 Å². The van der Waals surface area contributed by atoms with Crippen LogP contribution in [0.2, 0.25) is 10.0 Å². The summed E-state index contributed by atoms with van der Waals surface area (Å²) in [6, 6.07) is 17.6. The normalized spacial score (nSPS) is 19.6. The number of hydrogen-bond acceptors (Lipinski definition) is 4. The zero-order chi connectivity index (χ0) is 20.8. The van der Waals surface area contributed by atoms with Crippen LogP contribution < -0.4 is 9.47 Å². The van der Waals surface area contributed by atoms with E-state index < -0.39 is 12.0 Å². The maximum atomic E-state index is 14.8. The molecule has 4 nitrogen and oxygen atoms in total. The van der Waals surface area contributed by atoms with Crippen molar-refractivity contribution in [3.05, 3.63) is 93.2 Å². The molecule has 3 aromatic rings. The monoisotopic (exact) mass is 442 g/mol. The van der Waals surface area contributed by atoms with Crippen molar-refractivity contribution in [3.63, 3.8) is 0 Å². The van der Waals surface area contributed by atoms with Gasteiger partial charge in [0.05, 0.1) is 29.4 Å². The molecule has 0 fully saturated rings. The van der Waals surface area contributed by atoms with Gasteiger partial charge >= 0.3 is 0 Å². The summed E-state index contributed by atoms with van der Waals surface area (Å²) in [6.45, 7) is 0. The number of rotatable bonds is 3. The molecule has 0 spiro atoms. The molecule has 5 rings (SSSR count). The van der Waals surface area contributed by atoms with Crippen LogP contribution in [0.1, 0.15) is 35.4 Å². The maximum absolute atomic E-state index is 14.8. The van der Waals surface area contributed by atoms with Crippen molar-refractivity contribution in [3.8, 4) is 11.5 Å². The smallest absolute Gasteiger partial charge is 0.218 e. The predicted molar refractivity (Wildman–Crippen MR) is 115 cm³/mol. The van der Waals surface area contributed by atoms with Gasteiger partial charge in [-0.3, -0.25) is 0 Å². The molecule has 0 N–H and O–H groups in total. The fourth-order valence-corrected chi connectivity index (χ4v) is 4.39. The van der Waals surface area contributed by atoms with Crippen molar-refractivity contribution >= 4 is 28.9 Å². The van der Waals surface area contributed by atoms with Crippen LogP contribution >= 0.6 is 23.2 Å². The Balaban J connectivity index is 1.62. The summed E-state index contributed by atoms with van der Waals surface area (Å²) in [5.74, 6) is 0.986. The standard InChI is InChI=1S/C23H17Cl2FN2O2/c1-29-15-8-5-13(6-9-15)19-12-20-16-11-14(24)7-10-21(16)30-23(28(20)27-19)22-17(25)3-2-4-18(22)26/h2-11,20,23H,12H2,1H3/t20-,23-/m1/s1. The molecular weight excluding hydrogens is 426 g/mol. The molecule has 0 radical (unpaired) electrons. The number of fused-ring (bicyclic) bond motifs is 3. The Hall–Kier alpha value is -2.76. The first kappa shape index (κ1) is 19.2. The van der Waals surface area contributed by atoms with Gasteiger partial charge in [0.2, 0.25) is 6.23 Å². The van der Waals surface area contributed by atoms with Crippen LogP contribution in [0.5, 0.6) is 11.5 Å². The van der Waals surface area contributed by atoms with Gasteiger partial charge in [0.25, 0.3) is 0 Å². The van der Waals surface area contributed by atoms with Crippen molar-refractivity contribution < 1.29 is 13.9 Å². The van der Waals surface area contributed by atoms with E-state index in [9.17, 15) is 4.39 Å². The number of ether oxygens (including phenoxy) is 2. The maximum Gasteiger partial charge on any atom is 0.218 e. The summed E-state index contributed by atoms with van der Waals surface area (Å²) in [4.78, 5) is 0. The first-order chi connectivity index (χ1) is 14.5. The van der Waals surface area contributed by atoms with Crippen molar-refractivity contribution in [2.75, 3.05) is 7.11 Å². The Bertz CT molecular complexity index is 1130. The molecule has 0 saturated heterocycles. The van der Waals surface area contributed by atoms with E-state index in [-0.39, 0.29) is 11.6 Å². The van der Waals surface area contributed by atoms with Gasteiger partial charge in [-0.25, -0.2) is 9.40 Å². The summed E-state index contributed by atoms with van der Waals surface area (Å²) >= 11 is 12.6. The van der Waals surface area contributed by atoms with Crippen molar-refractivity contribution in [1.82, 2.24) is 5.01 Å². The Labute approximate surface area is 183 Å². The van der Waals surface area contributed by atoms with Gasteiger partial charge in [0.1, 0.15) is 17.3 Å². The molecular formula is C23H17Cl2FN2O2. The second-order valence-electron chi connectivity index (χ2n) is 7.16. The van der Waals surface area contributed by atoms with Crippen molar-refractivity contribution in [1.29, 1.82) is 0 Å². The van der Waals surface area contributed by atoms with E-state index in [1.165, 1.54) is 6.07 Å². The lowest BCUT2D eigenvalue weighted by Gasteiger charge is -2.38. The average Bonchev–Trinajstić information content (AvgIpc) is 3.20. The highest BCUT2D eigenvalue weighted by molar-refractivity contribution is 6.31. The van der Waals surface area contributed by atoms with E-state index in [1.807, 2.05) is 36.4 Å². The molecule has 30 heavy (non-hydrogen) atoms. The van der Waals surface area contributed by atoms with Crippen LogP contribution in [-0.2, 0) is 0 Å². The minimum Gasteiger partial charge on any atom is -0.497 e. The number of benzene rings is 3. The lowest BCUT2D eigenvalue weighted by atomic mass is 9.96. The summed E-state index contributed by atoms with van der Waals surface area (Å²) in [5, 5.41) is 7.50. The summed E-state index contributed by atoms with van der Waals surface area (Å²) in [7, 11) is 1.63. The zero-order valence-electron chi connectivity index (χ0n) is 16.0. The quantitative estimate of drug-likeness (QED) is 0.471. The molecule has 0 unspecified atom stereocenters. The summed E-state index contributed by atoms with van der Waals surface area (Å²) in [6.07, 6.45) is -0.154. The highest BCUT2D eigenvalue weighted by Crippen LogP contribution is 2.49. The second-order valence-corrected chi connectivity index (χ2v) is 8.01. The van der Waals surface area contributed by atoms with Crippen LogP contribution in [0.25, 0.3) is 0 Å². The molecule has 0 amide bonds. The van der Waals surface area contributed by atoms with E-state index in [0.717, 1.165) is 22.6 Å². The van der Waals surface area contributed by atoms with Gasteiger partial charge in [-0.1, -0.05) is 29.3 Å². The van der Waals surface area contributed by atoms with Crippen molar-refractivity contribution in [2.45, 2.75) is 18.7 Å². The van der Waals surface area contributed by atoms with Crippen LogP contribution in [0, 0.1) is 5.82 Å². The van der Waals surface area contributed by atoms with Gasteiger partial charge in [0.15, 0.2) is 0 Å². The Morgan fingerprint density at radius 3 is 2.63 bits per heavy atom. The molecule has 7 heteroatoms. The van der Waals surface area contributed by atoms with E-state index >= 15 is 0 Å². The van der Waals surface area contributed by atoms with Gasteiger partial charge in [-0.15, -0.1) is 0 Å². The van der Waals surface area contributed by atoms with Gasteiger partial charge < -0.3 is 9.47 Å². The van der Waals surface area contributed by atoms with Crippen LogP contribution in [-0.4, -0.2) is 17.8 Å². The van der Waals surface area contributed by atoms with Crippen molar-refractivity contribution in [2.24, 2.45) is 5.10 Å². The van der Waals surface area contributed by atoms with Crippen LogP contribution in [0.15, 0.2) is 65.8 Å². The Morgan fingerprint density at radius 2 is 1.90 bits per heavy atom. The molecule has 2 atom stereocenters. The fourth-order valence-electron chi connectivity index (χ4n) is 3.95. The molecule has 2 aliphatic heterocycles. The van der Waals surface area contributed by atoms with E-state index in [2.05, 4.69) is 0 Å². The lowest BCUT2D eigenvalue weighted by molar-refractivity contribution is -0.0211. The predicted octanol–water partition coefficient (Wildman–Crippen LogP) is 6.38. The molecule has 0 saturated carbocycles. The van der Waals surface area contributed by atoms with E-state index in [0.29, 0.717) is 22.2 Å². The second kappa shape index (κ2) is 7.49. The number of methoxy groups -OCH3 is 1. The molecule has 2 heterocycles. The largest absolute Gasteiger partial charge is 0.497 e. The third-order valence-corrected chi connectivity index (χ3v) is 5.99. The minimum atomic E-state index is -0.784. The highest BCUT2D eigenvalue weighted by Gasteiger charge is 2.42. The molecule has 0 bridgehead atoms. The topological polar surface area (TPSA) is 34.1 Å².